The molecule has 2 aromatic rings. The third kappa shape index (κ3) is 2.31. The maximum Gasteiger partial charge on any atom is 0.227 e. The van der Waals surface area contributed by atoms with E-state index >= 15 is 0 Å². The van der Waals surface area contributed by atoms with Crippen molar-refractivity contribution in [2.24, 2.45) is 5.41 Å². The molecule has 0 spiro atoms. The third-order valence-electron chi connectivity index (χ3n) is 4.06. The van der Waals surface area contributed by atoms with E-state index in [0.717, 1.165) is 29.0 Å². The van der Waals surface area contributed by atoms with Crippen LogP contribution >= 0.6 is 11.3 Å². The van der Waals surface area contributed by atoms with Crippen molar-refractivity contribution in [3.63, 3.8) is 0 Å². The summed E-state index contributed by atoms with van der Waals surface area (Å²) in [5.74, 6) is 1.20. The molecule has 7 heteroatoms. The van der Waals surface area contributed by atoms with E-state index in [1.54, 1.807) is 18.4 Å². The molecule has 0 radical (unpaired) electrons. The second kappa shape index (κ2) is 4.84. The van der Waals surface area contributed by atoms with Crippen molar-refractivity contribution in [2.45, 2.75) is 20.3 Å². The monoisotopic (exact) mass is 305 g/mol. The number of aromatic nitrogens is 2. The van der Waals surface area contributed by atoms with Crippen molar-refractivity contribution >= 4 is 39.2 Å². The summed E-state index contributed by atoms with van der Waals surface area (Å²) in [5.41, 5.74) is 5.45. The van der Waals surface area contributed by atoms with Crippen LogP contribution in [-0.4, -0.2) is 36.0 Å². The number of rotatable bonds is 2. The second-order valence-electron chi connectivity index (χ2n) is 5.79. The van der Waals surface area contributed by atoms with Gasteiger partial charge in [-0.1, -0.05) is 0 Å². The minimum absolute atomic E-state index is 0.0739. The summed E-state index contributed by atoms with van der Waals surface area (Å²) in [7, 11) is 1.68. The van der Waals surface area contributed by atoms with Gasteiger partial charge in [-0.2, -0.15) is 4.98 Å². The highest BCUT2D eigenvalue weighted by atomic mass is 32.1. The molecule has 6 nitrogen and oxygen atoms in total. The van der Waals surface area contributed by atoms with Crippen LogP contribution in [0.15, 0.2) is 6.07 Å². The van der Waals surface area contributed by atoms with Crippen LogP contribution in [-0.2, 0) is 4.79 Å². The number of nitrogens with two attached hydrogens (primary N) is 1. The summed E-state index contributed by atoms with van der Waals surface area (Å²) in [4.78, 5) is 25.0. The third-order valence-corrected chi connectivity index (χ3v) is 5.01. The van der Waals surface area contributed by atoms with E-state index in [9.17, 15) is 4.79 Å². The Morgan fingerprint density at radius 3 is 3.00 bits per heavy atom. The van der Waals surface area contributed by atoms with Crippen LogP contribution in [0.4, 0.5) is 11.8 Å². The molecule has 1 aliphatic heterocycles. The molecule has 0 saturated carbocycles. The van der Waals surface area contributed by atoms with Crippen molar-refractivity contribution in [3.8, 4) is 0 Å². The number of anilines is 2. The van der Waals surface area contributed by atoms with E-state index in [-0.39, 0.29) is 17.3 Å². The lowest BCUT2D eigenvalue weighted by molar-refractivity contribution is -0.128. The Hall–Kier alpha value is -1.89. The Morgan fingerprint density at radius 2 is 2.29 bits per heavy atom. The number of amides is 1. The molecule has 112 valence electrons. The average molecular weight is 305 g/mol. The van der Waals surface area contributed by atoms with E-state index in [2.05, 4.69) is 26.3 Å². The normalized spacial score (nSPS) is 22.0. The Bertz CT molecular complexity index is 713. The molecule has 0 aromatic carbocycles. The first-order chi connectivity index (χ1) is 9.93. The fourth-order valence-electron chi connectivity index (χ4n) is 2.91. The quantitative estimate of drug-likeness (QED) is 0.879. The molecule has 3 rings (SSSR count). The van der Waals surface area contributed by atoms with E-state index in [1.807, 2.05) is 13.8 Å². The molecule has 1 aliphatic rings. The number of nitrogen functional groups attached to an aromatic ring is 1. The van der Waals surface area contributed by atoms with Gasteiger partial charge in [0.15, 0.2) is 0 Å². The van der Waals surface area contributed by atoms with Gasteiger partial charge in [-0.3, -0.25) is 4.79 Å². The zero-order valence-corrected chi connectivity index (χ0v) is 13.3. The fourth-order valence-corrected chi connectivity index (χ4v) is 3.79. The van der Waals surface area contributed by atoms with Crippen molar-refractivity contribution in [1.82, 2.24) is 15.3 Å². The maximum absolute atomic E-state index is 12.1. The van der Waals surface area contributed by atoms with Crippen molar-refractivity contribution in [1.29, 1.82) is 0 Å². The van der Waals surface area contributed by atoms with Gasteiger partial charge in [0.05, 0.1) is 10.8 Å². The van der Waals surface area contributed by atoms with Gasteiger partial charge < -0.3 is 16.0 Å². The number of hydrogen-bond acceptors (Lipinski definition) is 6. The van der Waals surface area contributed by atoms with Crippen molar-refractivity contribution in [2.75, 3.05) is 30.8 Å². The predicted octanol–water partition coefficient (Wildman–Crippen LogP) is 1.54. The van der Waals surface area contributed by atoms with Gasteiger partial charge in [0.1, 0.15) is 10.6 Å². The van der Waals surface area contributed by atoms with Crippen LogP contribution in [0, 0.1) is 12.3 Å². The number of carbonyl (C=O) groups excluding carboxylic acids is 1. The van der Waals surface area contributed by atoms with Gasteiger partial charge in [-0.25, -0.2) is 4.98 Å². The fraction of sp³-hybridized carbons (Fsp3) is 0.500. The van der Waals surface area contributed by atoms with Gasteiger partial charge in [-0.05, 0) is 26.3 Å². The maximum atomic E-state index is 12.1. The van der Waals surface area contributed by atoms with E-state index in [1.165, 1.54) is 4.88 Å². The Morgan fingerprint density at radius 1 is 1.52 bits per heavy atom. The first-order valence-corrected chi connectivity index (χ1v) is 7.75. The second-order valence-corrected chi connectivity index (χ2v) is 7.03. The number of fused-ring (bicyclic) bond motifs is 1. The van der Waals surface area contributed by atoms with Gasteiger partial charge in [0, 0.05) is 25.0 Å². The lowest BCUT2D eigenvalue weighted by Crippen LogP contribution is -2.39. The lowest BCUT2D eigenvalue weighted by atomic mass is 9.89. The van der Waals surface area contributed by atoms with Crippen LogP contribution in [0.5, 0.6) is 0 Å². The van der Waals surface area contributed by atoms with Crippen LogP contribution in [0.3, 0.4) is 0 Å². The highest BCUT2D eigenvalue weighted by Crippen LogP contribution is 2.37. The number of aryl methyl sites for hydroxylation is 1. The SMILES string of the molecule is CNC(=O)C1(C)CCN(c2nc(N)nc3sc(C)cc23)C1. The molecule has 0 aliphatic carbocycles. The molecule has 3 heterocycles. The van der Waals surface area contributed by atoms with E-state index in [0.29, 0.717) is 6.54 Å². The molecule has 2 aromatic heterocycles. The van der Waals surface area contributed by atoms with Gasteiger partial charge in [0.25, 0.3) is 0 Å². The number of nitrogens with zero attached hydrogens (tertiary/aromatic N) is 3. The Balaban J connectivity index is 2.00. The molecule has 21 heavy (non-hydrogen) atoms. The van der Waals surface area contributed by atoms with Gasteiger partial charge in [-0.15, -0.1) is 11.3 Å². The van der Waals surface area contributed by atoms with Crippen LogP contribution in [0.2, 0.25) is 0 Å². The van der Waals surface area contributed by atoms with Gasteiger partial charge >= 0.3 is 0 Å². The molecule has 1 saturated heterocycles. The van der Waals surface area contributed by atoms with E-state index in [4.69, 9.17) is 5.73 Å². The van der Waals surface area contributed by atoms with Gasteiger partial charge in [0.2, 0.25) is 11.9 Å². The minimum Gasteiger partial charge on any atom is -0.368 e. The zero-order valence-electron chi connectivity index (χ0n) is 12.4. The largest absolute Gasteiger partial charge is 0.368 e. The summed E-state index contributed by atoms with van der Waals surface area (Å²) in [5, 5.41) is 3.77. The molecule has 1 amide bonds. The molecule has 0 bridgehead atoms. The van der Waals surface area contributed by atoms with E-state index < -0.39 is 0 Å². The Labute approximate surface area is 127 Å². The minimum atomic E-state index is -0.383. The van der Waals surface area contributed by atoms with Crippen LogP contribution in [0.25, 0.3) is 10.2 Å². The van der Waals surface area contributed by atoms with Crippen molar-refractivity contribution in [3.05, 3.63) is 10.9 Å². The highest BCUT2D eigenvalue weighted by Gasteiger charge is 2.40. The number of carbonyl (C=O) groups is 1. The Kier molecular flexibility index (Phi) is 3.24. The summed E-state index contributed by atoms with van der Waals surface area (Å²) >= 11 is 1.61. The standard InChI is InChI=1S/C14H19N5OS/c1-8-6-9-10(17-13(15)18-11(9)21-8)19-5-4-14(2,7-19)12(20)16-3/h6H,4-5,7H2,1-3H3,(H,16,20)(H2,15,17,18). The molecule has 3 N–H and O–H groups in total. The predicted molar refractivity (Wildman–Crippen MR) is 85.6 cm³/mol. The molecular formula is C14H19N5OS. The number of hydrogen-bond donors (Lipinski definition) is 2. The summed E-state index contributed by atoms with van der Waals surface area (Å²) in [6.07, 6.45) is 0.807. The van der Waals surface area contributed by atoms with Crippen LogP contribution in [0.1, 0.15) is 18.2 Å². The molecular weight excluding hydrogens is 286 g/mol. The summed E-state index contributed by atoms with van der Waals surface area (Å²) < 4.78 is 0. The zero-order chi connectivity index (χ0) is 15.2. The average Bonchev–Trinajstić information content (AvgIpc) is 3.00. The molecule has 1 fully saturated rings. The van der Waals surface area contributed by atoms with Crippen molar-refractivity contribution < 1.29 is 4.79 Å². The lowest BCUT2D eigenvalue weighted by Gasteiger charge is -2.23. The molecule has 1 unspecified atom stereocenters. The van der Waals surface area contributed by atoms with Crippen LogP contribution < -0.4 is 16.0 Å². The highest BCUT2D eigenvalue weighted by molar-refractivity contribution is 7.18. The number of nitrogens with one attached hydrogen (secondary N) is 1. The first-order valence-electron chi connectivity index (χ1n) is 6.94. The summed E-state index contributed by atoms with van der Waals surface area (Å²) in [6, 6.07) is 2.09. The smallest absolute Gasteiger partial charge is 0.227 e. The number of thiophene rings is 1. The first kappa shape index (κ1) is 14.1. The topological polar surface area (TPSA) is 84.1 Å². The summed E-state index contributed by atoms with van der Waals surface area (Å²) in [6.45, 7) is 5.48. The molecule has 1 atom stereocenters.